The number of nitrogens with one attached hydrogen (secondary N) is 1. The van der Waals surface area contributed by atoms with Gasteiger partial charge in [0.2, 0.25) is 0 Å². The third-order valence-electron chi connectivity index (χ3n) is 2.32. The summed E-state index contributed by atoms with van der Waals surface area (Å²) in [5.74, 6) is 0.841. The van der Waals surface area contributed by atoms with Crippen LogP contribution in [0.4, 0.5) is 0 Å². The first-order valence-corrected chi connectivity index (χ1v) is 6.78. The molecular formula is C12H13BrN2OS. The third-order valence-corrected chi connectivity index (χ3v) is 3.98. The minimum atomic E-state index is 0.808. The quantitative estimate of drug-likeness (QED) is 0.940. The summed E-state index contributed by atoms with van der Waals surface area (Å²) in [5, 5.41) is 4.19. The summed E-state index contributed by atoms with van der Waals surface area (Å²) in [6, 6.07) is 6.05. The number of methoxy groups -OCH3 is 1. The van der Waals surface area contributed by atoms with E-state index in [9.17, 15) is 0 Å². The van der Waals surface area contributed by atoms with Gasteiger partial charge in [0.25, 0.3) is 0 Å². The van der Waals surface area contributed by atoms with Crippen molar-refractivity contribution in [1.82, 2.24) is 10.3 Å². The van der Waals surface area contributed by atoms with Gasteiger partial charge in [-0.05, 0) is 46.7 Å². The van der Waals surface area contributed by atoms with Crippen molar-refractivity contribution < 1.29 is 4.74 Å². The Morgan fingerprint density at radius 2 is 2.29 bits per heavy atom. The van der Waals surface area contributed by atoms with Gasteiger partial charge in [-0.1, -0.05) is 0 Å². The Hall–Kier alpha value is -0.910. The fraction of sp³-hybridized carbons (Fsp3) is 0.250. The van der Waals surface area contributed by atoms with E-state index in [2.05, 4.69) is 32.3 Å². The summed E-state index contributed by atoms with van der Waals surface area (Å²) in [5.41, 5.74) is 1.15. The van der Waals surface area contributed by atoms with Gasteiger partial charge in [-0.15, -0.1) is 11.3 Å². The number of thiazole rings is 1. The predicted molar refractivity (Wildman–Crippen MR) is 74.6 cm³/mol. The molecule has 0 atom stereocenters. The Morgan fingerprint density at radius 3 is 2.94 bits per heavy atom. The van der Waals surface area contributed by atoms with E-state index in [1.807, 2.05) is 25.4 Å². The predicted octanol–water partition coefficient (Wildman–Crippen LogP) is 3.30. The van der Waals surface area contributed by atoms with Crippen molar-refractivity contribution in [3.8, 4) is 16.2 Å². The maximum absolute atomic E-state index is 5.21. The summed E-state index contributed by atoms with van der Waals surface area (Å²) in [7, 11) is 3.59. The highest BCUT2D eigenvalue weighted by atomic mass is 79.9. The second kappa shape index (κ2) is 5.62. The molecule has 1 N–H and O–H groups in total. The van der Waals surface area contributed by atoms with Crippen molar-refractivity contribution in [1.29, 1.82) is 0 Å². The molecule has 90 valence electrons. The molecule has 17 heavy (non-hydrogen) atoms. The highest BCUT2D eigenvalue weighted by Crippen LogP contribution is 2.32. The van der Waals surface area contributed by atoms with E-state index in [1.54, 1.807) is 18.4 Å². The zero-order chi connectivity index (χ0) is 12.3. The molecule has 1 aromatic heterocycles. The maximum atomic E-state index is 5.21. The molecule has 0 saturated heterocycles. The number of nitrogens with zero attached hydrogens (tertiary/aromatic N) is 1. The second-order valence-corrected chi connectivity index (χ2v) is 5.47. The van der Waals surface area contributed by atoms with Crippen LogP contribution in [0.15, 0.2) is 28.9 Å². The van der Waals surface area contributed by atoms with Gasteiger partial charge in [-0.2, -0.15) is 0 Å². The van der Waals surface area contributed by atoms with E-state index >= 15 is 0 Å². The Balaban J connectivity index is 2.29. The van der Waals surface area contributed by atoms with E-state index in [0.717, 1.165) is 27.3 Å². The van der Waals surface area contributed by atoms with Crippen LogP contribution in [0.1, 0.15) is 5.01 Å². The fourth-order valence-electron chi connectivity index (χ4n) is 1.50. The van der Waals surface area contributed by atoms with Gasteiger partial charge >= 0.3 is 0 Å². The molecule has 0 fully saturated rings. The minimum absolute atomic E-state index is 0.808. The van der Waals surface area contributed by atoms with E-state index < -0.39 is 0 Å². The average Bonchev–Trinajstić information content (AvgIpc) is 2.78. The molecule has 1 heterocycles. The first-order chi connectivity index (χ1) is 8.24. The maximum Gasteiger partial charge on any atom is 0.133 e. The monoisotopic (exact) mass is 312 g/mol. The van der Waals surface area contributed by atoms with Crippen LogP contribution in [0, 0.1) is 0 Å². The number of halogens is 1. The number of hydrogen-bond donors (Lipinski definition) is 1. The van der Waals surface area contributed by atoms with Crippen LogP contribution in [-0.2, 0) is 6.54 Å². The molecule has 0 aliphatic carbocycles. The van der Waals surface area contributed by atoms with Gasteiger partial charge in [-0.3, -0.25) is 0 Å². The first-order valence-electron chi connectivity index (χ1n) is 5.18. The van der Waals surface area contributed by atoms with Crippen LogP contribution in [0.3, 0.4) is 0 Å². The smallest absolute Gasteiger partial charge is 0.133 e. The summed E-state index contributed by atoms with van der Waals surface area (Å²) in [6.07, 6.45) is 1.91. The molecule has 2 rings (SSSR count). The molecule has 1 aromatic carbocycles. The minimum Gasteiger partial charge on any atom is -0.496 e. The molecule has 0 aliphatic heterocycles. The van der Waals surface area contributed by atoms with Crippen molar-refractivity contribution in [2.24, 2.45) is 0 Å². The van der Waals surface area contributed by atoms with Crippen molar-refractivity contribution >= 4 is 27.3 Å². The van der Waals surface area contributed by atoms with Gasteiger partial charge < -0.3 is 10.1 Å². The molecule has 5 heteroatoms. The van der Waals surface area contributed by atoms with E-state index in [1.165, 1.54) is 4.88 Å². The zero-order valence-corrected chi connectivity index (χ0v) is 12.1. The van der Waals surface area contributed by atoms with Crippen LogP contribution in [-0.4, -0.2) is 19.1 Å². The zero-order valence-electron chi connectivity index (χ0n) is 9.66. The Morgan fingerprint density at radius 1 is 1.47 bits per heavy atom. The van der Waals surface area contributed by atoms with Crippen molar-refractivity contribution in [2.75, 3.05) is 14.2 Å². The van der Waals surface area contributed by atoms with E-state index in [0.29, 0.717) is 0 Å². The number of aromatic nitrogens is 1. The van der Waals surface area contributed by atoms with Crippen molar-refractivity contribution in [3.63, 3.8) is 0 Å². The van der Waals surface area contributed by atoms with Crippen LogP contribution in [0.25, 0.3) is 10.4 Å². The molecule has 0 unspecified atom stereocenters. The lowest BCUT2D eigenvalue weighted by Gasteiger charge is -2.04. The third kappa shape index (κ3) is 2.86. The molecule has 0 aliphatic rings. The second-order valence-electron chi connectivity index (χ2n) is 3.50. The number of benzene rings is 1. The lowest BCUT2D eigenvalue weighted by atomic mass is 10.2. The van der Waals surface area contributed by atoms with Gasteiger partial charge in [0.15, 0.2) is 0 Å². The summed E-state index contributed by atoms with van der Waals surface area (Å²) >= 11 is 5.19. The lowest BCUT2D eigenvalue weighted by molar-refractivity contribution is 0.412. The van der Waals surface area contributed by atoms with Gasteiger partial charge in [0.1, 0.15) is 10.8 Å². The van der Waals surface area contributed by atoms with E-state index in [4.69, 9.17) is 4.74 Å². The number of ether oxygens (including phenoxy) is 1. The molecular weight excluding hydrogens is 300 g/mol. The highest BCUT2D eigenvalue weighted by Gasteiger charge is 2.06. The fourth-order valence-corrected chi connectivity index (χ4v) is 2.96. The summed E-state index contributed by atoms with van der Waals surface area (Å²) < 4.78 is 6.17. The Bertz CT molecular complexity index is 513. The van der Waals surface area contributed by atoms with Crippen LogP contribution in [0.2, 0.25) is 0 Å². The standard InChI is InChI=1S/C12H13BrN2OS/c1-14-7-12-15-6-11(17-12)8-3-4-10(16-2)9(13)5-8/h3-6,14H,7H2,1-2H3. The first kappa shape index (κ1) is 12.5. The topological polar surface area (TPSA) is 34.2 Å². The Kier molecular flexibility index (Phi) is 4.15. The van der Waals surface area contributed by atoms with Gasteiger partial charge in [0.05, 0.1) is 16.5 Å². The normalized spacial score (nSPS) is 10.5. The molecule has 2 aromatic rings. The van der Waals surface area contributed by atoms with E-state index in [-0.39, 0.29) is 0 Å². The highest BCUT2D eigenvalue weighted by molar-refractivity contribution is 9.10. The lowest BCUT2D eigenvalue weighted by Crippen LogP contribution is -2.03. The SMILES string of the molecule is CNCc1ncc(-c2ccc(OC)c(Br)c2)s1. The number of hydrogen-bond acceptors (Lipinski definition) is 4. The van der Waals surface area contributed by atoms with Crippen LogP contribution < -0.4 is 10.1 Å². The van der Waals surface area contributed by atoms with Crippen LogP contribution >= 0.6 is 27.3 Å². The molecule has 0 amide bonds. The molecule has 0 radical (unpaired) electrons. The molecule has 3 nitrogen and oxygen atoms in total. The molecule has 0 saturated carbocycles. The van der Waals surface area contributed by atoms with Crippen molar-refractivity contribution in [3.05, 3.63) is 33.9 Å². The Labute approximate surface area is 113 Å². The molecule has 0 spiro atoms. The molecule has 0 bridgehead atoms. The van der Waals surface area contributed by atoms with Crippen LogP contribution in [0.5, 0.6) is 5.75 Å². The summed E-state index contributed by atoms with van der Waals surface area (Å²) in [4.78, 5) is 5.53. The van der Waals surface area contributed by atoms with Crippen molar-refractivity contribution in [2.45, 2.75) is 6.54 Å². The largest absolute Gasteiger partial charge is 0.496 e. The average molecular weight is 313 g/mol. The van der Waals surface area contributed by atoms with Gasteiger partial charge in [0, 0.05) is 12.7 Å². The summed E-state index contributed by atoms with van der Waals surface area (Å²) in [6.45, 7) is 0.808. The van der Waals surface area contributed by atoms with Gasteiger partial charge in [-0.25, -0.2) is 4.98 Å². The number of rotatable bonds is 4.